The van der Waals surface area contributed by atoms with Gasteiger partial charge in [0, 0.05) is 29.4 Å². The Morgan fingerprint density at radius 2 is 2.08 bits per heavy atom. The molecule has 0 saturated heterocycles. The Morgan fingerprint density at radius 3 is 2.76 bits per heavy atom. The normalized spacial score (nSPS) is 18.2. The molecule has 9 heteroatoms. The van der Waals surface area contributed by atoms with Crippen LogP contribution in [0, 0.1) is 6.92 Å². The van der Waals surface area contributed by atoms with E-state index in [1.165, 1.54) is 11.8 Å². The first-order chi connectivity index (χ1) is 11.8. The fraction of sp³-hybridized carbons (Fsp3) is 0.438. The number of aryl methyl sites for hydroxylation is 1. The Balaban J connectivity index is 1.79. The fourth-order valence-corrected chi connectivity index (χ4v) is 5.15. The van der Waals surface area contributed by atoms with Crippen LogP contribution in [0.25, 0.3) is 10.6 Å². The monoisotopic (exact) mass is 385 g/mol. The average molecular weight is 385 g/mol. The molecule has 3 heterocycles. The van der Waals surface area contributed by atoms with Gasteiger partial charge in [0.15, 0.2) is 0 Å². The molecular weight excluding hydrogens is 371 g/mol. The van der Waals surface area contributed by atoms with Gasteiger partial charge in [0.1, 0.15) is 16.3 Å². The maximum absolute atomic E-state index is 13.3. The third-order valence-corrected chi connectivity index (χ3v) is 6.46. The van der Waals surface area contributed by atoms with Crippen molar-refractivity contribution in [2.45, 2.75) is 36.9 Å². The first-order valence-electron chi connectivity index (χ1n) is 7.83. The molecular formula is C16H14F3N3OS2. The van der Waals surface area contributed by atoms with Gasteiger partial charge in [0.2, 0.25) is 0 Å². The predicted octanol–water partition coefficient (Wildman–Crippen LogP) is 4.24. The van der Waals surface area contributed by atoms with E-state index in [9.17, 15) is 18.0 Å². The molecule has 0 radical (unpaired) electrons. The van der Waals surface area contributed by atoms with Crippen molar-refractivity contribution in [3.8, 4) is 10.6 Å². The summed E-state index contributed by atoms with van der Waals surface area (Å²) in [7, 11) is 0. The van der Waals surface area contributed by atoms with Crippen LogP contribution in [0.2, 0.25) is 0 Å². The molecule has 1 saturated carbocycles. The molecule has 1 amide bonds. The maximum Gasteiger partial charge on any atom is 0.420 e. The number of aromatic nitrogens is 2. The second-order valence-electron chi connectivity index (χ2n) is 6.06. The number of fused-ring (bicyclic) bond motifs is 1. The van der Waals surface area contributed by atoms with Crippen LogP contribution in [0.15, 0.2) is 17.2 Å². The van der Waals surface area contributed by atoms with Gasteiger partial charge in [-0.05, 0) is 25.8 Å². The highest BCUT2D eigenvalue weighted by molar-refractivity contribution is 7.99. The number of thiophene rings is 1. The molecule has 0 spiro atoms. The smallest absolute Gasteiger partial charge is 0.334 e. The number of rotatable bonds is 2. The zero-order chi connectivity index (χ0) is 17.8. The summed E-state index contributed by atoms with van der Waals surface area (Å²) >= 11 is 2.61. The lowest BCUT2D eigenvalue weighted by Gasteiger charge is -2.19. The predicted molar refractivity (Wildman–Crippen MR) is 89.9 cm³/mol. The quantitative estimate of drug-likeness (QED) is 0.776. The van der Waals surface area contributed by atoms with Crippen LogP contribution in [-0.2, 0) is 6.18 Å². The SMILES string of the molecule is Cc1ncc(C(F)(F)F)c(-c2cc3c(s2)C(=O)N(C2CC2)CCS3)n1. The van der Waals surface area contributed by atoms with E-state index in [0.29, 0.717) is 16.3 Å². The number of halogens is 3. The number of alkyl halides is 3. The van der Waals surface area contributed by atoms with Gasteiger partial charge in [-0.25, -0.2) is 9.97 Å². The molecule has 4 rings (SSSR count). The van der Waals surface area contributed by atoms with E-state index in [2.05, 4.69) is 9.97 Å². The van der Waals surface area contributed by atoms with Crippen molar-refractivity contribution in [2.24, 2.45) is 0 Å². The summed E-state index contributed by atoms with van der Waals surface area (Å²) in [6, 6.07) is 1.95. The second kappa shape index (κ2) is 5.98. The van der Waals surface area contributed by atoms with E-state index in [1.54, 1.807) is 13.0 Å². The highest BCUT2D eigenvalue weighted by atomic mass is 32.2. The third kappa shape index (κ3) is 3.15. The van der Waals surface area contributed by atoms with Crippen LogP contribution in [0.4, 0.5) is 13.2 Å². The topological polar surface area (TPSA) is 46.1 Å². The molecule has 1 fully saturated rings. The number of nitrogens with zero attached hydrogens (tertiary/aromatic N) is 3. The highest BCUT2D eigenvalue weighted by Gasteiger charge is 2.38. The molecule has 1 aliphatic heterocycles. The van der Waals surface area contributed by atoms with Gasteiger partial charge >= 0.3 is 6.18 Å². The molecule has 1 aliphatic carbocycles. The van der Waals surface area contributed by atoms with Crippen molar-refractivity contribution in [1.82, 2.24) is 14.9 Å². The zero-order valence-corrected chi connectivity index (χ0v) is 14.9. The Labute approximate surface area is 150 Å². The Hall–Kier alpha value is -1.61. The van der Waals surface area contributed by atoms with Gasteiger partial charge in [0.05, 0.1) is 10.6 Å². The maximum atomic E-state index is 13.3. The van der Waals surface area contributed by atoms with Crippen molar-refractivity contribution in [2.75, 3.05) is 12.3 Å². The minimum absolute atomic E-state index is 0.0712. The number of amides is 1. The summed E-state index contributed by atoms with van der Waals surface area (Å²) in [4.78, 5) is 24.0. The molecule has 0 atom stereocenters. The van der Waals surface area contributed by atoms with E-state index in [0.717, 1.165) is 41.0 Å². The van der Waals surface area contributed by atoms with Gasteiger partial charge in [-0.1, -0.05) is 0 Å². The number of hydrogen-bond acceptors (Lipinski definition) is 5. The molecule has 0 bridgehead atoms. The van der Waals surface area contributed by atoms with E-state index in [4.69, 9.17) is 0 Å². The molecule has 2 aromatic rings. The molecule has 2 aromatic heterocycles. The number of hydrogen-bond donors (Lipinski definition) is 0. The van der Waals surface area contributed by atoms with Crippen molar-refractivity contribution in [3.63, 3.8) is 0 Å². The third-order valence-electron chi connectivity index (χ3n) is 4.18. The summed E-state index contributed by atoms with van der Waals surface area (Å²) in [6.07, 6.45) is -1.71. The minimum atomic E-state index is -4.54. The Morgan fingerprint density at radius 1 is 1.32 bits per heavy atom. The van der Waals surface area contributed by atoms with E-state index >= 15 is 0 Å². The van der Waals surface area contributed by atoms with Crippen LogP contribution < -0.4 is 0 Å². The van der Waals surface area contributed by atoms with Gasteiger partial charge in [-0.3, -0.25) is 4.79 Å². The van der Waals surface area contributed by atoms with Gasteiger partial charge in [-0.15, -0.1) is 23.1 Å². The van der Waals surface area contributed by atoms with Crippen molar-refractivity contribution < 1.29 is 18.0 Å². The van der Waals surface area contributed by atoms with Crippen LogP contribution in [0.1, 0.15) is 33.9 Å². The zero-order valence-electron chi connectivity index (χ0n) is 13.3. The van der Waals surface area contributed by atoms with Crippen LogP contribution in [0.5, 0.6) is 0 Å². The highest BCUT2D eigenvalue weighted by Crippen LogP contribution is 2.44. The van der Waals surface area contributed by atoms with Gasteiger partial charge < -0.3 is 4.90 Å². The molecule has 0 unspecified atom stereocenters. The summed E-state index contributed by atoms with van der Waals surface area (Å²) < 4.78 is 39.9. The van der Waals surface area contributed by atoms with E-state index in [1.807, 2.05) is 4.90 Å². The standard InChI is InChI=1S/C16H14F3N3OS2/c1-8-20-7-10(16(17,18)19)13(21-8)11-6-12-14(25-11)15(23)22(4-5-24-12)9-2-3-9/h6-7,9H,2-5H2,1H3. The molecule has 2 aliphatic rings. The van der Waals surface area contributed by atoms with Crippen LogP contribution in [0.3, 0.4) is 0 Å². The molecule has 4 nitrogen and oxygen atoms in total. The van der Waals surface area contributed by atoms with E-state index < -0.39 is 11.7 Å². The Kier molecular flexibility index (Phi) is 4.03. The van der Waals surface area contributed by atoms with Crippen molar-refractivity contribution in [1.29, 1.82) is 0 Å². The fourth-order valence-electron chi connectivity index (χ4n) is 2.83. The molecule has 132 valence electrons. The lowest BCUT2D eigenvalue weighted by atomic mass is 10.2. The molecule has 0 aromatic carbocycles. The summed E-state index contributed by atoms with van der Waals surface area (Å²) in [5, 5.41) is 0. The molecule has 25 heavy (non-hydrogen) atoms. The minimum Gasteiger partial charge on any atom is -0.334 e. The summed E-state index contributed by atoms with van der Waals surface area (Å²) in [5.74, 6) is 0.948. The summed E-state index contributed by atoms with van der Waals surface area (Å²) in [5.41, 5.74) is -1.02. The number of carbonyl (C=O) groups excluding carboxylic acids is 1. The first-order valence-corrected chi connectivity index (χ1v) is 9.63. The molecule has 0 N–H and O–H groups in total. The number of carbonyl (C=O) groups is 1. The van der Waals surface area contributed by atoms with Crippen molar-refractivity contribution in [3.05, 3.63) is 28.5 Å². The average Bonchev–Trinajstić information content (AvgIpc) is 3.30. The first kappa shape index (κ1) is 16.8. The lowest BCUT2D eigenvalue weighted by Crippen LogP contribution is -2.33. The van der Waals surface area contributed by atoms with Gasteiger partial charge in [0.25, 0.3) is 5.91 Å². The van der Waals surface area contributed by atoms with Gasteiger partial charge in [-0.2, -0.15) is 13.2 Å². The van der Waals surface area contributed by atoms with Crippen LogP contribution >= 0.6 is 23.1 Å². The van der Waals surface area contributed by atoms with Crippen molar-refractivity contribution >= 4 is 29.0 Å². The Bertz CT molecular complexity index is 846. The van der Waals surface area contributed by atoms with E-state index in [-0.39, 0.29) is 23.5 Å². The lowest BCUT2D eigenvalue weighted by molar-refractivity contribution is -0.137. The summed E-state index contributed by atoms with van der Waals surface area (Å²) in [6.45, 7) is 2.24. The number of thioether (sulfide) groups is 1. The second-order valence-corrected chi connectivity index (χ2v) is 8.25. The largest absolute Gasteiger partial charge is 0.420 e. The van der Waals surface area contributed by atoms with Crippen LogP contribution in [-0.4, -0.2) is 39.1 Å².